The Kier molecular flexibility index (Phi) is 1.99. The Bertz CT molecular complexity index is 431. The first-order chi connectivity index (χ1) is 7.43. The lowest BCUT2D eigenvalue weighted by Gasteiger charge is -2.27. The van der Waals surface area contributed by atoms with Crippen LogP contribution in [-0.4, -0.2) is 32.8 Å². The second-order valence-corrected chi connectivity index (χ2v) is 3.65. The van der Waals surface area contributed by atoms with Gasteiger partial charge in [-0.2, -0.15) is 4.98 Å². The van der Waals surface area contributed by atoms with Crippen LogP contribution in [0.15, 0.2) is 23.4 Å². The third kappa shape index (κ3) is 1.52. The summed E-state index contributed by atoms with van der Waals surface area (Å²) in [6.45, 7) is 2.68. The molecule has 15 heavy (non-hydrogen) atoms. The third-order valence-electron chi connectivity index (χ3n) is 2.66. The quantitative estimate of drug-likeness (QED) is 0.764. The second kappa shape index (κ2) is 3.47. The number of nitrogens with zero attached hydrogens (tertiary/aromatic N) is 4. The minimum atomic E-state index is 0.569. The predicted octanol–water partition coefficient (Wildman–Crippen LogP) is 0.00120. The van der Waals surface area contributed by atoms with Gasteiger partial charge in [-0.25, -0.2) is 4.98 Å². The van der Waals surface area contributed by atoms with Crippen LogP contribution in [0.3, 0.4) is 0 Å². The van der Waals surface area contributed by atoms with Crippen LogP contribution in [0.1, 0.15) is 17.4 Å². The van der Waals surface area contributed by atoms with Crippen molar-refractivity contribution in [2.45, 2.75) is 12.5 Å². The number of hydrogen-bond donors (Lipinski definition) is 1. The van der Waals surface area contributed by atoms with Crippen LogP contribution in [0.5, 0.6) is 0 Å². The molecule has 0 aromatic carbocycles. The Morgan fingerprint density at radius 3 is 3.13 bits per heavy atom. The summed E-state index contributed by atoms with van der Waals surface area (Å²) in [7, 11) is 0. The fraction of sp³-hybridized carbons (Fsp3) is 0.444. The zero-order valence-electron chi connectivity index (χ0n) is 8.13. The lowest BCUT2D eigenvalue weighted by Crippen LogP contribution is -2.40. The summed E-state index contributed by atoms with van der Waals surface area (Å²) in [5.74, 6) is 1.25. The van der Waals surface area contributed by atoms with Crippen molar-refractivity contribution in [3.8, 4) is 0 Å². The highest BCUT2D eigenvalue weighted by Crippen LogP contribution is 2.19. The maximum Gasteiger partial charge on any atom is 0.213 e. The average molecular weight is 205 g/mol. The molecule has 0 aliphatic carbocycles. The van der Waals surface area contributed by atoms with Crippen molar-refractivity contribution in [1.82, 2.24) is 25.0 Å². The minimum absolute atomic E-state index is 0.569. The number of rotatable bonds is 3. The average Bonchev–Trinajstić information content (AvgIpc) is 2.76. The number of imidazole rings is 1. The topological polar surface area (TPSA) is 68.8 Å². The van der Waals surface area contributed by atoms with E-state index >= 15 is 0 Å². The van der Waals surface area contributed by atoms with Crippen molar-refractivity contribution < 1.29 is 4.52 Å². The molecule has 78 valence electrons. The van der Waals surface area contributed by atoms with Gasteiger partial charge < -0.3 is 14.4 Å². The van der Waals surface area contributed by atoms with Gasteiger partial charge in [-0.1, -0.05) is 5.16 Å². The lowest BCUT2D eigenvalue weighted by atomic mass is 10.00. The van der Waals surface area contributed by atoms with E-state index in [1.165, 1.54) is 12.1 Å². The fourth-order valence-electron chi connectivity index (χ4n) is 1.72. The van der Waals surface area contributed by atoms with Crippen LogP contribution in [0.4, 0.5) is 0 Å². The molecule has 1 fully saturated rings. The normalized spacial score (nSPS) is 16.5. The Balaban J connectivity index is 1.82. The minimum Gasteiger partial charge on any atom is -0.343 e. The highest BCUT2D eigenvalue weighted by molar-refractivity contribution is 5.12. The van der Waals surface area contributed by atoms with E-state index in [9.17, 15) is 0 Å². The number of nitrogens with one attached hydrogen (secondary N) is 1. The van der Waals surface area contributed by atoms with Crippen molar-refractivity contribution in [1.29, 1.82) is 0 Å². The molecule has 1 aliphatic rings. The van der Waals surface area contributed by atoms with E-state index in [2.05, 4.69) is 25.0 Å². The van der Waals surface area contributed by atoms with Gasteiger partial charge in [-0.15, -0.1) is 0 Å². The van der Waals surface area contributed by atoms with Gasteiger partial charge in [-0.3, -0.25) is 0 Å². The zero-order valence-corrected chi connectivity index (χ0v) is 8.13. The Labute approximate surface area is 86.3 Å². The maximum absolute atomic E-state index is 4.70. The van der Waals surface area contributed by atoms with Gasteiger partial charge in [0.15, 0.2) is 5.82 Å². The van der Waals surface area contributed by atoms with E-state index < -0.39 is 0 Å². The molecular formula is C9H11N5O. The molecule has 6 heteroatoms. The standard InChI is InChI=1S/C9H11N5O/c1-7(2-10-1)8-3-11-5-14(8)4-9-12-6-15-13-9/h3,5-7,10H,1-2,4H2. The van der Waals surface area contributed by atoms with Crippen LogP contribution in [0.25, 0.3) is 0 Å². The third-order valence-corrected chi connectivity index (χ3v) is 2.66. The molecule has 1 aliphatic heterocycles. The van der Waals surface area contributed by atoms with Crippen LogP contribution in [0.2, 0.25) is 0 Å². The van der Waals surface area contributed by atoms with E-state index in [-0.39, 0.29) is 0 Å². The lowest BCUT2D eigenvalue weighted by molar-refractivity contribution is 0.403. The van der Waals surface area contributed by atoms with E-state index in [0.717, 1.165) is 13.1 Å². The Morgan fingerprint density at radius 1 is 1.53 bits per heavy atom. The predicted molar refractivity (Wildman–Crippen MR) is 51.2 cm³/mol. The Morgan fingerprint density at radius 2 is 2.47 bits per heavy atom. The molecule has 3 heterocycles. The molecule has 2 aromatic rings. The Hall–Kier alpha value is -1.69. The molecule has 0 spiro atoms. The van der Waals surface area contributed by atoms with Crippen molar-refractivity contribution >= 4 is 0 Å². The van der Waals surface area contributed by atoms with Gasteiger partial charge in [0, 0.05) is 30.9 Å². The van der Waals surface area contributed by atoms with Gasteiger partial charge in [0.1, 0.15) is 0 Å². The molecule has 0 radical (unpaired) electrons. The van der Waals surface area contributed by atoms with Gasteiger partial charge >= 0.3 is 0 Å². The molecule has 1 saturated heterocycles. The van der Waals surface area contributed by atoms with Crippen molar-refractivity contribution in [2.75, 3.05) is 13.1 Å². The van der Waals surface area contributed by atoms with Crippen LogP contribution in [-0.2, 0) is 6.54 Å². The first kappa shape index (κ1) is 8.60. The number of aromatic nitrogens is 4. The van der Waals surface area contributed by atoms with Gasteiger partial charge in [-0.05, 0) is 0 Å². The summed E-state index contributed by atoms with van der Waals surface area (Å²) in [6.07, 6.45) is 5.06. The molecule has 0 unspecified atom stereocenters. The van der Waals surface area contributed by atoms with Gasteiger partial charge in [0.2, 0.25) is 6.39 Å². The fourth-order valence-corrected chi connectivity index (χ4v) is 1.72. The summed E-state index contributed by atoms with van der Waals surface area (Å²) in [5, 5.41) is 7.03. The molecule has 6 nitrogen and oxygen atoms in total. The number of hydrogen-bond acceptors (Lipinski definition) is 5. The van der Waals surface area contributed by atoms with Crippen molar-refractivity contribution in [2.24, 2.45) is 0 Å². The van der Waals surface area contributed by atoms with E-state index in [4.69, 9.17) is 4.52 Å². The summed E-state index contributed by atoms with van der Waals surface area (Å²) in [4.78, 5) is 8.15. The highest BCUT2D eigenvalue weighted by Gasteiger charge is 2.22. The van der Waals surface area contributed by atoms with Crippen molar-refractivity contribution in [3.63, 3.8) is 0 Å². The summed E-state index contributed by atoms with van der Waals surface area (Å²) in [5.41, 5.74) is 1.23. The molecule has 0 saturated carbocycles. The monoisotopic (exact) mass is 205 g/mol. The second-order valence-electron chi connectivity index (χ2n) is 3.65. The molecule has 3 rings (SSSR count). The van der Waals surface area contributed by atoms with E-state index in [1.54, 1.807) is 0 Å². The first-order valence-corrected chi connectivity index (χ1v) is 4.89. The molecule has 0 bridgehead atoms. The molecule has 0 atom stereocenters. The van der Waals surface area contributed by atoms with E-state index in [0.29, 0.717) is 18.3 Å². The summed E-state index contributed by atoms with van der Waals surface area (Å²) in [6, 6.07) is 0. The first-order valence-electron chi connectivity index (χ1n) is 4.89. The largest absolute Gasteiger partial charge is 0.343 e. The van der Waals surface area contributed by atoms with Crippen LogP contribution >= 0.6 is 0 Å². The molecule has 1 N–H and O–H groups in total. The SMILES string of the molecule is c1nc(Cn2cncc2C2CNC2)no1. The zero-order chi connectivity index (χ0) is 10.1. The summed E-state index contributed by atoms with van der Waals surface area (Å²) < 4.78 is 6.76. The molecular weight excluding hydrogens is 194 g/mol. The smallest absolute Gasteiger partial charge is 0.213 e. The highest BCUT2D eigenvalue weighted by atomic mass is 16.5. The molecule has 2 aromatic heterocycles. The van der Waals surface area contributed by atoms with E-state index in [1.807, 2.05) is 12.5 Å². The van der Waals surface area contributed by atoms with Crippen molar-refractivity contribution in [3.05, 3.63) is 30.4 Å². The van der Waals surface area contributed by atoms with Gasteiger partial charge in [0.05, 0.1) is 12.9 Å². The van der Waals surface area contributed by atoms with Crippen LogP contribution < -0.4 is 5.32 Å². The van der Waals surface area contributed by atoms with Crippen LogP contribution in [0, 0.1) is 0 Å². The molecule has 0 amide bonds. The summed E-state index contributed by atoms with van der Waals surface area (Å²) >= 11 is 0. The van der Waals surface area contributed by atoms with Gasteiger partial charge in [0.25, 0.3) is 0 Å². The maximum atomic E-state index is 4.70.